The van der Waals surface area contributed by atoms with Gasteiger partial charge in [0.25, 0.3) is 5.91 Å². The number of carbonyl (C=O) groups is 1. The van der Waals surface area contributed by atoms with Crippen molar-refractivity contribution >= 4 is 29.1 Å². The van der Waals surface area contributed by atoms with Gasteiger partial charge in [-0.1, -0.05) is 25.4 Å². The molecule has 0 saturated heterocycles. The Morgan fingerprint density at radius 1 is 1.26 bits per heavy atom. The van der Waals surface area contributed by atoms with Gasteiger partial charge in [0.1, 0.15) is 0 Å². The fourth-order valence-corrected chi connectivity index (χ4v) is 2.20. The molecule has 0 spiro atoms. The lowest BCUT2D eigenvalue weighted by atomic mass is 10.1. The van der Waals surface area contributed by atoms with Crippen LogP contribution in [0.15, 0.2) is 30.6 Å². The molecule has 0 radical (unpaired) electrons. The highest BCUT2D eigenvalue weighted by Gasteiger charge is 2.08. The van der Waals surface area contributed by atoms with Crippen molar-refractivity contribution in [3.63, 3.8) is 0 Å². The van der Waals surface area contributed by atoms with Crippen LogP contribution in [0.25, 0.3) is 0 Å². The Morgan fingerprint density at radius 2 is 1.96 bits per heavy atom. The maximum atomic E-state index is 12.0. The molecule has 0 aliphatic heterocycles. The summed E-state index contributed by atoms with van der Waals surface area (Å²) in [7, 11) is 0. The number of aromatic nitrogens is 2. The van der Waals surface area contributed by atoms with Crippen LogP contribution in [0.3, 0.4) is 0 Å². The van der Waals surface area contributed by atoms with Gasteiger partial charge < -0.3 is 10.6 Å². The van der Waals surface area contributed by atoms with E-state index in [0.717, 1.165) is 17.7 Å². The monoisotopic (exact) mass is 332 g/mol. The second-order valence-corrected chi connectivity index (χ2v) is 6.25. The summed E-state index contributed by atoms with van der Waals surface area (Å²) in [4.78, 5) is 20.3. The number of nitrogens with one attached hydrogen (secondary N) is 2. The lowest BCUT2D eigenvalue weighted by Crippen LogP contribution is -2.25. The number of carbonyl (C=O) groups excluding carboxylic acids is 1. The summed E-state index contributed by atoms with van der Waals surface area (Å²) in [6.07, 6.45) is 3.98. The standard InChI is InChI=1S/C17H21ClN4O/c1-11(2)6-7-19-16(23)13-9-20-17(21-10-13)22-15-5-4-14(18)8-12(15)3/h4-5,8-11H,6-7H2,1-3H3,(H,19,23)(H,20,21,22). The molecule has 0 unspecified atom stereocenters. The highest BCUT2D eigenvalue weighted by atomic mass is 35.5. The summed E-state index contributed by atoms with van der Waals surface area (Å²) < 4.78 is 0. The SMILES string of the molecule is Cc1cc(Cl)ccc1Nc1ncc(C(=O)NCCC(C)C)cn1. The molecule has 0 bridgehead atoms. The molecule has 1 aromatic heterocycles. The maximum Gasteiger partial charge on any atom is 0.254 e. The summed E-state index contributed by atoms with van der Waals surface area (Å²) in [5.41, 5.74) is 2.33. The van der Waals surface area contributed by atoms with Crippen LogP contribution in [0, 0.1) is 12.8 Å². The minimum Gasteiger partial charge on any atom is -0.352 e. The number of anilines is 2. The Morgan fingerprint density at radius 3 is 2.57 bits per heavy atom. The van der Waals surface area contributed by atoms with Gasteiger partial charge in [-0.15, -0.1) is 0 Å². The van der Waals surface area contributed by atoms with Crippen molar-refractivity contribution in [1.29, 1.82) is 0 Å². The Bertz CT molecular complexity index is 671. The van der Waals surface area contributed by atoms with E-state index < -0.39 is 0 Å². The summed E-state index contributed by atoms with van der Waals surface area (Å²) in [6.45, 7) is 6.84. The van der Waals surface area contributed by atoms with E-state index in [9.17, 15) is 4.79 Å². The van der Waals surface area contributed by atoms with Crippen molar-refractivity contribution in [3.05, 3.63) is 46.7 Å². The average Bonchev–Trinajstić information content (AvgIpc) is 2.50. The molecule has 5 nitrogen and oxygen atoms in total. The minimum atomic E-state index is -0.153. The predicted molar refractivity (Wildman–Crippen MR) is 93.3 cm³/mol. The predicted octanol–water partition coefficient (Wildman–Crippen LogP) is 3.96. The van der Waals surface area contributed by atoms with Crippen LogP contribution < -0.4 is 10.6 Å². The molecule has 1 amide bonds. The summed E-state index contributed by atoms with van der Waals surface area (Å²) in [6, 6.07) is 5.53. The van der Waals surface area contributed by atoms with Gasteiger partial charge in [-0.05, 0) is 43.0 Å². The number of hydrogen-bond donors (Lipinski definition) is 2. The molecule has 23 heavy (non-hydrogen) atoms. The van der Waals surface area contributed by atoms with Crippen molar-refractivity contribution in [1.82, 2.24) is 15.3 Å². The zero-order valence-corrected chi connectivity index (χ0v) is 14.3. The van der Waals surface area contributed by atoms with Gasteiger partial charge in [0, 0.05) is 29.6 Å². The largest absolute Gasteiger partial charge is 0.352 e. The first-order valence-corrected chi connectivity index (χ1v) is 7.97. The van der Waals surface area contributed by atoms with Gasteiger partial charge in [-0.25, -0.2) is 9.97 Å². The average molecular weight is 333 g/mol. The summed E-state index contributed by atoms with van der Waals surface area (Å²) in [5.74, 6) is 0.842. The Kier molecular flexibility index (Phi) is 5.93. The third kappa shape index (κ3) is 5.21. The molecule has 122 valence electrons. The lowest BCUT2D eigenvalue weighted by Gasteiger charge is -2.09. The fraction of sp³-hybridized carbons (Fsp3) is 0.353. The number of hydrogen-bond acceptors (Lipinski definition) is 4. The highest BCUT2D eigenvalue weighted by Crippen LogP contribution is 2.21. The van der Waals surface area contributed by atoms with Crippen LogP contribution in [-0.4, -0.2) is 22.4 Å². The van der Waals surface area contributed by atoms with E-state index >= 15 is 0 Å². The second-order valence-electron chi connectivity index (χ2n) is 5.82. The number of aryl methyl sites for hydroxylation is 1. The molecule has 0 aliphatic carbocycles. The molecule has 2 rings (SSSR count). The van der Waals surface area contributed by atoms with E-state index in [1.807, 2.05) is 19.1 Å². The molecule has 0 atom stereocenters. The summed E-state index contributed by atoms with van der Waals surface area (Å²) in [5, 5.41) is 6.65. The topological polar surface area (TPSA) is 66.9 Å². The molecule has 0 fully saturated rings. The third-order valence-corrected chi connectivity index (χ3v) is 3.59. The van der Waals surface area contributed by atoms with Gasteiger partial charge in [0.05, 0.1) is 5.56 Å². The Labute approximate surface area is 141 Å². The smallest absolute Gasteiger partial charge is 0.254 e. The van der Waals surface area contributed by atoms with E-state index in [0.29, 0.717) is 29.0 Å². The van der Waals surface area contributed by atoms with Crippen molar-refractivity contribution in [2.75, 3.05) is 11.9 Å². The van der Waals surface area contributed by atoms with Crippen molar-refractivity contribution in [3.8, 4) is 0 Å². The maximum absolute atomic E-state index is 12.0. The van der Waals surface area contributed by atoms with Gasteiger partial charge in [0.15, 0.2) is 0 Å². The van der Waals surface area contributed by atoms with Crippen LogP contribution in [0.5, 0.6) is 0 Å². The zero-order valence-electron chi connectivity index (χ0n) is 13.6. The molecular weight excluding hydrogens is 312 g/mol. The van der Waals surface area contributed by atoms with Crippen molar-refractivity contribution in [2.45, 2.75) is 27.2 Å². The third-order valence-electron chi connectivity index (χ3n) is 3.36. The molecule has 0 saturated carbocycles. The fourth-order valence-electron chi connectivity index (χ4n) is 1.97. The van der Waals surface area contributed by atoms with Crippen LogP contribution in [-0.2, 0) is 0 Å². The summed E-state index contributed by atoms with van der Waals surface area (Å²) >= 11 is 5.93. The van der Waals surface area contributed by atoms with E-state index in [4.69, 9.17) is 11.6 Å². The van der Waals surface area contributed by atoms with E-state index in [1.165, 1.54) is 12.4 Å². The van der Waals surface area contributed by atoms with E-state index in [2.05, 4.69) is 34.4 Å². The number of benzene rings is 1. The zero-order chi connectivity index (χ0) is 16.8. The first kappa shape index (κ1) is 17.2. The van der Waals surface area contributed by atoms with Gasteiger partial charge >= 0.3 is 0 Å². The molecule has 2 aromatic rings. The number of nitrogens with zero attached hydrogens (tertiary/aromatic N) is 2. The van der Waals surface area contributed by atoms with Gasteiger partial charge in [-0.3, -0.25) is 4.79 Å². The molecule has 0 aliphatic rings. The molecule has 1 heterocycles. The van der Waals surface area contributed by atoms with E-state index in [1.54, 1.807) is 6.07 Å². The highest BCUT2D eigenvalue weighted by molar-refractivity contribution is 6.30. The molecule has 1 aromatic carbocycles. The molecule has 6 heteroatoms. The number of halogens is 1. The Balaban J connectivity index is 1.97. The van der Waals surface area contributed by atoms with Crippen LogP contribution in [0.1, 0.15) is 36.2 Å². The van der Waals surface area contributed by atoms with E-state index in [-0.39, 0.29) is 5.91 Å². The van der Waals surface area contributed by atoms with Crippen LogP contribution in [0.4, 0.5) is 11.6 Å². The Hall–Kier alpha value is -2.14. The van der Waals surface area contributed by atoms with Gasteiger partial charge in [-0.2, -0.15) is 0 Å². The van der Waals surface area contributed by atoms with Gasteiger partial charge in [0.2, 0.25) is 5.95 Å². The van der Waals surface area contributed by atoms with Crippen LogP contribution >= 0.6 is 11.6 Å². The quantitative estimate of drug-likeness (QED) is 0.840. The first-order chi connectivity index (χ1) is 11.0. The van der Waals surface area contributed by atoms with Crippen LogP contribution in [0.2, 0.25) is 5.02 Å². The molecular formula is C17H21ClN4O. The number of amides is 1. The first-order valence-electron chi connectivity index (χ1n) is 7.59. The second kappa shape index (κ2) is 7.92. The van der Waals surface area contributed by atoms with Crippen molar-refractivity contribution < 1.29 is 4.79 Å². The minimum absolute atomic E-state index is 0.153. The lowest BCUT2D eigenvalue weighted by molar-refractivity contribution is 0.0951. The number of rotatable bonds is 6. The molecule has 2 N–H and O–H groups in total. The van der Waals surface area contributed by atoms with Crippen molar-refractivity contribution in [2.24, 2.45) is 5.92 Å². The normalized spacial score (nSPS) is 10.7.